The Bertz CT molecular complexity index is 1070. The summed E-state index contributed by atoms with van der Waals surface area (Å²) in [4.78, 5) is 2.32. The normalized spacial score (nSPS) is 21.1. The Morgan fingerprint density at radius 1 is 1.22 bits per heavy atom. The Kier molecular flexibility index (Phi) is 3.69. The lowest BCUT2D eigenvalue weighted by molar-refractivity contribution is 0.238. The molecule has 1 unspecified atom stereocenters. The number of nitriles is 1. The number of rotatable bonds is 2. The van der Waals surface area contributed by atoms with Crippen LogP contribution < -0.4 is 5.32 Å². The third-order valence-corrected chi connectivity index (χ3v) is 5.69. The number of anilines is 1. The van der Waals surface area contributed by atoms with Gasteiger partial charge in [0, 0.05) is 23.4 Å². The van der Waals surface area contributed by atoms with E-state index in [1.54, 1.807) is 0 Å². The average molecular weight is 361 g/mol. The van der Waals surface area contributed by atoms with Gasteiger partial charge in [0.05, 0.1) is 17.6 Å². The number of likely N-dealkylation sites (tertiary alicyclic amines) is 1. The molecule has 0 aliphatic carbocycles. The summed E-state index contributed by atoms with van der Waals surface area (Å²) < 4.78 is 4.95. The minimum absolute atomic E-state index is 0.241. The quantitative estimate of drug-likeness (QED) is 0.722. The predicted octanol–water partition coefficient (Wildman–Crippen LogP) is 2.62. The summed E-state index contributed by atoms with van der Waals surface area (Å²) in [6.45, 7) is 2.05. The van der Waals surface area contributed by atoms with Gasteiger partial charge in [-0.2, -0.15) is 10.4 Å². The summed E-state index contributed by atoms with van der Waals surface area (Å²) in [6, 6.07) is 8.26. The highest BCUT2D eigenvalue weighted by molar-refractivity contribution is 5.80. The van der Waals surface area contributed by atoms with Crippen LogP contribution in [-0.2, 0) is 0 Å². The molecular formula is C19H19N7O. The van der Waals surface area contributed by atoms with Crippen LogP contribution >= 0.6 is 0 Å². The zero-order valence-electron chi connectivity index (χ0n) is 14.9. The lowest BCUT2D eigenvalue weighted by atomic mass is 9.78. The molecule has 5 rings (SSSR count). The Balaban J connectivity index is 1.68. The molecule has 4 heterocycles. The molecule has 2 aliphatic rings. The van der Waals surface area contributed by atoms with Crippen molar-refractivity contribution in [2.45, 2.75) is 18.8 Å². The maximum Gasteiger partial charge on any atom is 0.156 e. The molecule has 1 fully saturated rings. The van der Waals surface area contributed by atoms with Gasteiger partial charge < -0.3 is 10.2 Å². The molecule has 2 N–H and O–H groups in total. The molecule has 136 valence electrons. The summed E-state index contributed by atoms with van der Waals surface area (Å²) in [5.74, 6) is 0.856. The van der Waals surface area contributed by atoms with Crippen LogP contribution in [0.25, 0.3) is 11.0 Å². The largest absolute Gasteiger partial charge is 0.341 e. The van der Waals surface area contributed by atoms with Gasteiger partial charge in [-0.05, 0) is 54.9 Å². The minimum atomic E-state index is -0.241. The summed E-state index contributed by atoms with van der Waals surface area (Å²) >= 11 is 0. The van der Waals surface area contributed by atoms with Crippen LogP contribution in [0.2, 0.25) is 0 Å². The first-order valence-electron chi connectivity index (χ1n) is 9.11. The fourth-order valence-electron chi connectivity index (χ4n) is 4.25. The van der Waals surface area contributed by atoms with Crippen LogP contribution in [0.4, 0.5) is 5.82 Å². The Hall–Kier alpha value is -3.18. The highest BCUT2D eigenvalue weighted by Gasteiger charge is 2.36. The van der Waals surface area contributed by atoms with E-state index in [2.05, 4.69) is 43.8 Å². The molecule has 3 aromatic rings. The van der Waals surface area contributed by atoms with Crippen molar-refractivity contribution in [2.24, 2.45) is 5.92 Å². The van der Waals surface area contributed by atoms with Gasteiger partial charge in [0.15, 0.2) is 5.82 Å². The second-order valence-corrected chi connectivity index (χ2v) is 7.24. The second-order valence-electron chi connectivity index (χ2n) is 7.24. The molecular weight excluding hydrogens is 342 g/mol. The highest BCUT2D eigenvalue weighted by Crippen LogP contribution is 2.45. The van der Waals surface area contributed by atoms with E-state index in [1.807, 2.05) is 24.4 Å². The molecule has 0 bridgehead atoms. The van der Waals surface area contributed by atoms with E-state index < -0.39 is 0 Å². The third kappa shape index (κ3) is 2.51. The van der Waals surface area contributed by atoms with E-state index >= 15 is 0 Å². The summed E-state index contributed by atoms with van der Waals surface area (Å²) in [6.07, 6.45) is 3.89. The van der Waals surface area contributed by atoms with E-state index in [1.165, 1.54) is 0 Å². The minimum Gasteiger partial charge on any atom is -0.341 e. The first-order valence-corrected chi connectivity index (χ1v) is 9.11. The van der Waals surface area contributed by atoms with Gasteiger partial charge in [0.2, 0.25) is 0 Å². The van der Waals surface area contributed by atoms with Crippen LogP contribution in [-0.4, -0.2) is 45.5 Å². The highest BCUT2D eigenvalue weighted by atomic mass is 16.6. The van der Waals surface area contributed by atoms with Crippen molar-refractivity contribution in [1.29, 1.82) is 5.26 Å². The molecule has 8 nitrogen and oxygen atoms in total. The first-order chi connectivity index (χ1) is 13.3. The fraction of sp³-hybridized carbons (Fsp3) is 0.368. The molecule has 0 spiro atoms. The molecule has 2 aromatic heterocycles. The molecule has 8 heteroatoms. The van der Waals surface area contributed by atoms with Crippen molar-refractivity contribution in [3.63, 3.8) is 0 Å². The van der Waals surface area contributed by atoms with Crippen molar-refractivity contribution in [1.82, 2.24) is 25.4 Å². The van der Waals surface area contributed by atoms with Gasteiger partial charge in [-0.15, -0.1) is 0 Å². The van der Waals surface area contributed by atoms with Crippen molar-refractivity contribution in [2.75, 3.05) is 25.5 Å². The van der Waals surface area contributed by atoms with E-state index in [-0.39, 0.29) is 5.92 Å². The topological polar surface area (TPSA) is 107 Å². The Morgan fingerprint density at radius 3 is 2.89 bits per heavy atom. The van der Waals surface area contributed by atoms with E-state index in [0.717, 1.165) is 54.1 Å². The number of aromatic amines is 1. The second kappa shape index (κ2) is 6.21. The first kappa shape index (κ1) is 16.0. The molecule has 1 atom stereocenters. The van der Waals surface area contributed by atoms with Gasteiger partial charge in [0.1, 0.15) is 11.0 Å². The van der Waals surface area contributed by atoms with Gasteiger partial charge >= 0.3 is 0 Å². The number of fused-ring (bicyclic) bond motifs is 2. The molecule has 0 saturated carbocycles. The number of nitrogens with one attached hydrogen (secondary N) is 2. The zero-order chi connectivity index (χ0) is 18.4. The summed E-state index contributed by atoms with van der Waals surface area (Å²) in [5.41, 5.74) is 4.96. The number of nitrogens with zero attached hydrogens (tertiary/aromatic N) is 5. The van der Waals surface area contributed by atoms with Crippen LogP contribution in [0.3, 0.4) is 0 Å². The standard InChI is InChI=1S/C19H19N7O/c1-26-7-5-11(6-8-26)17-13(9-20)16(14-10-21-23-19(14)22-17)12-3-2-4-15-18(12)25-27-24-15/h2-4,10-11,16H,5-8H2,1H3,(H2,21,22,23). The lowest BCUT2D eigenvalue weighted by Crippen LogP contribution is -2.34. The van der Waals surface area contributed by atoms with Crippen molar-refractivity contribution in [3.8, 4) is 6.07 Å². The van der Waals surface area contributed by atoms with Gasteiger partial charge in [-0.25, -0.2) is 4.63 Å². The monoisotopic (exact) mass is 361 g/mol. The number of piperidine rings is 1. The zero-order valence-corrected chi connectivity index (χ0v) is 14.9. The van der Waals surface area contributed by atoms with E-state index in [4.69, 9.17) is 4.63 Å². The molecule has 1 aromatic carbocycles. The fourth-order valence-corrected chi connectivity index (χ4v) is 4.25. The SMILES string of the molecule is CN1CCC(C2=C(C#N)C(c3cccc4nonc34)c3c[nH]nc3N2)CC1. The number of aromatic nitrogens is 4. The number of H-pyrrole nitrogens is 1. The number of hydrogen-bond donors (Lipinski definition) is 2. The average Bonchev–Trinajstić information content (AvgIpc) is 3.36. The van der Waals surface area contributed by atoms with E-state index in [9.17, 15) is 5.26 Å². The van der Waals surface area contributed by atoms with Crippen LogP contribution in [0.1, 0.15) is 29.9 Å². The summed E-state index contributed by atoms with van der Waals surface area (Å²) in [5, 5.41) is 28.9. The van der Waals surface area contributed by atoms with Crippen LogP contribution in [0.15, 0.2) is 40.3 Å². The lowest BCUT2D eigenvalue weighted by Gasteiger charge is -2.34. The number of allylic oxidation sites excluding steroid dienone is 2. The Labute approximate surface area is 155 Å². The van der Waals surface area contributed by atoms with Gasteiger partial charge in [-0.3, -0.25) is 5.10 Å². The van der Waals surface area contributed by atoms with Crippen molar-refractivity contribution < 1.29 is 4.63 Å². The van der Waals surface area contributed by atoms with Gasteiger partial charge in [-0.1, -0.05) is 12.1 Å². The van der Waals surface area contributed by atoms with Crippen LogP contribution in [0, 0.1) is 17.2 Å². The van der Waals surface area contributed by atoms with Crippen molar-refractivity contribution >= 4 is 16.9 Å². The number of hydrogen-bond acceptors (Lipinski definition) is 7. The predicted molar refractivity (Wildman–Crippen MR) is 98.7 cm³/mol. The maximum absolute atomic E-state index is 10.1. The maximum atomic E-state index is 10.1. The Morgan fingerprint density at radius 2 is 2.07 bits per heavy atom. The molecule has 0 radical (unpaired) electrons. The molecule has 0 amide bonds. The third-order valence-electron chi connectivity index (χ3n) is 5.69. The van der Waals surface area contributed by atoms with Crippen LogP contribution in [0.5, 0.6) is 0 Å². The van der Waals surface area contributed by atoms with E-state index in [0.29, 0.717) is 17.0 Å². The summed E-state index contributed by atoms with van der Waals surface area (Å²) in [7, 11) is 2.14. The van der Waals surface area contributed by atoms with Gasteiger partial charge in [0.25, 0.3) is 0 Å². The molecule has 27 heavy (non-hydrogen) atoms. The number of benzene rings is 1. The molecule has 2 aliphatic heterocycles. The van der Waals surface area contributed by atoms with Crippen molar-refractivity contribution in [3.05, 3.63) is 46.8 Å². The smallest absolute Gasteiger partial charge is 0.156 e. The molecule has 1 saturated heterocycles.